The number of hydrogen-bond donors (Lipinski definition) is 2. The molecule has 112 valence electrons. The van der Waals surface area contributed by atoms with Crippen LogP contribution in [-0.2, 0) is 0 Å². The molecule has 0 atom stereocenters. The Bertz CT molecular complexity index is 456. The molecule has 2 N–H and O–H groups in total. The van der Waals surface area contributed by atoms with Crippen LogP contribution in [0.4, 0.5) is 13.2 Å². The number of carbonyl (C=O) groups is 1. The van der Waals surface area contributed by atoms with Gasteiger partial charge in [0.05, 0.1) is 6.61 Å². The van der Waals surface area contributed by atoms with Crippen molar-refractivity contribution in [2.75, 3.05) is 13.2 Å². The molecule has 6 heteroatoms. The number of carbonyl (C=O) groups excluding carboxylic acids is 1. The fourth-order valence-electron chi connectivity index (χ4n) is 1.89. The lowest BCUT2D eigenvalue weighted by molar-refractivity contribution is 0.0844. The molecule has 0 aliphatic carbocycles. The molecule has 0 fully saturated rings. The van der Waals surface area contributed by atoms with Crippen LogP contribution < -0.4 is 5.32 Å². The molecule has 0 bridgehead atoms. The Morgan fingerprint density at radius 2 is 1.70 bits per heavy atom. The summed E-state index contributed by atoms with van der Waals surface area (Å²) in [5, 5.41) is 11.7. The van der Waals surface area contributed by atoms with Crippen LogP contribution in [0.5, 0.6) is 0 Å². The predicted molar refractivity (Wildman–Crippen MR) is 68.8 cm³/mol. The van der Waals surface area contributed by atoms with Crippen LogP contribution in [-0.4, -0.2) is 24.2 Å². The number of nitrogens with one attached hydrogen (secondary N) is 1. The molecule has 3 nitrogen and oxygen atoms in total. The molecule has 0 aliphatic heterocycles. The Kier molecular flexibility index (Phi) is 5.56. The number of halogens is 3. The van der Waals surface area contributed by atoms with E-state index in [0.29, 0.717) is 25.0 Å². The molecular weight excluding hydrogens is 271 g/mol. The van der Waals surface area contributed by atoms with Gasteiger partial charge in [-0.05, 0) is 12.8 Å². The van der Waals surface area contributed by atoms with Crippen molar-refractivity contribution in [1.82, 2.24) is 5.32 Å². The first-order valence-corrected chi connectivity index (χ1v) is 6.42. The highest BCUT2D eigenvalue weighted by molar-refractivity contribution is 5.94. The van der Waals surface area contributed by atoms with Gasteiger partial charge in [-0.2, -0.15) is 0 Å². The van der Waals surface area contributed by atoms with Crippen molar-refractivity contribution in [2.45, 2.75) is 26.7 Å². The monoisotopic (exact) mass is 289 g/mol. The van der Waals surface area contributed by atoms with Crippen molar-refractivity contribution in [3.05, 3.63) is 35.1 Å². The summed E-state index contributed by atoms with van der Waals surface area (Å²) in [7, 11) is 0. The zero-order valence-corrected chi connectivity index (χ0v) is 11.5. The van der Waals surface area contributed by atoms with Crippen LogP contribution in [0.1, 0.15) is 37.0 Å². The highest BCUT2D eigenvalue weighted by Crippen LogP contribution is 2.24. The maximum Gasteiger partial charge on any atom is 0.257 e. The van der Waals surface area contributed by atoms with Gasteiger partial charge in [-0.15, -0.1) is 0 Å². The second-order valence-electron chi connectivity index (χ2n) is 4.79. The van der Waals surface area contributed by atoms with Gasteiger partial charge in [0.25, 0.3) is 5.91 Å². The Morgan fingerprint density at radius 1 is 1.20 bits per heavy atom. The van der Waals surface area contributed by atoms with E-state index in [-0.39, 0.29) is 13.2 Å². The standard InChI is InChI=1S/C14H18F3NO2/c1-3-14(4-2,8-19)7-18-13(20)12-10(16)5-9(15)6-11(12)17/h5-6,19H,3-4,7-8H2,1-2H3,(H,18,20). The lowest BCUT2D eigenvalue weighted by Crippen LogP contribution is -2.40. The number of benzene rings is 1. The Hall–Kier alpha value is -1.56. The van der Waals surface area contributed by atoms with Gasteiger partial charge in [-0.1, -0.05) is 13.8 Å². The van der Waals surface area contributed by atoms with Crippen molar-refractivity contribution in [3.8, 4) is 0 Å². The van der Waals surface area contributed by atoms with Crippen molar-refractivity contribution >= 4 is 5.91 Å². The molecule has 0 radical (unpaired) electrons. The molecule has 20 heavy (non-hydrogen) atoms. The fourth-order valence-corrected chi connectivity index (χ4v) is 1.89. The number of amides is 1. The first-order valence-electron chi connectivity index (χ1n) is 6.42. The van der Waals surface area contributed by atoms with E-state index in [9.17, 15) is 23.1 Å². The maximum atomic E-state index is 13.4. The molecule has 0 saturated heterocycles. The van der Waals surface area contributed by atoms with E-state index in [1.807, 2.05) is 13.8 Å². The zero-order chi connectivity index (χ0) is 15.3. The molecule has 0 unspecified atom stereocenters. The van der Waals surface area contributed by atoms with Crippen LogP contribution >= 0.6 is 0 Å². The lowest BCUT2D eigenvalue weighted by atomic mass is 9.83. The average Bonchev–Trinajstić information content (AvgIpc) is 2.39. The van der Waals surface area contributed by atoms with Crippen molar-refractivity contribution < 1.29 is 23.1 Å². The molecule has 1 aromatic carbocycles. The fraction of sp³-hybridized carbons (Fsp3) is 0.500. The number of rotatable bonds is 6. The van der Waals surface area contributed by atoms with Gasteiger partial charge in [0, 0.05) is 24.1 Å². The third-order valence-corrected chi connectivity index (χ3v) is 3.69. The number of hydrogen-bond acceptors (Lipinski definition) is 2. The summed E-state index contributed by atoms with van der Waals surface area (Å²) < 4.78 is 39.6. The van der Waals surface area contributed by atoms with Crippen molar-refractivity contribution in [2.24, 2.45) is 5.41 Å². The van der Waals surface area contributed by atoms with E-state index in [1.165, 1.54) is 0 Å². The topological polar surface area (TPSA) is 49.3 Å². The summed E-state index contributed by atoms with van der Waals surface area (Å²) in [6, 6.07) is 0.911. The zero-order valence-electron chi connectivity index (χ0n) is 11.5. The molecule has 0 heterocycles. The van der Waals surface area contributed by atoms with Gasteiger partial charge in [0.1, 0.15) is 23.0 Å². The van der Waals surface area contributed by atoms with E-state index in [4.69, 9.17) is 0 Å². The molecular formula is C14H18F3NO2. The second kappa shape index (κ2) is 6.74. The number of aliphatic hydroxyl groups excluding tert-OH is 1. The van der Waals surface area contributed by atoms with Crippen LogP contribution in [0.3, 0.4) is 0 Å². The van der Waals surface area contributed by atoms with E-state index < -0.39 is 34.3 Å². The summed E-state index contributed by atoms with van der Waals surface area (Å²) in [6.07, 6.45) is 1.21. The Morgan fingerprint density at radius 3 is 2.10 bits per heavy atom. The highest BCUT2D eigenvalue weighted by atomic mass is 19.1. The van der Waals surface area contributed by atoms with Gasteiger partial charge in [-0.3, -0.25) is 4.79 Å². The van der Waals surface area contributed by atoms with Crippen LogP contribution in [0.2, 0.25) is 0 Å². The first kappa shape index (κ1) is 16.5. The molecule has 0 aromatic heterocycles. The maximum absolute atomic E-state index is 13.4. The lowest BCUT2D eigenvalue weighted by Gasteiger charge is -2.29. The third kappa shape index (κ3) is 3.50. The van der Waals surface area contributed by atoms with Crippen LogP contribution in [0.15, 0.2) is 12.1 Å². The molecule has 1 rings (SSSR count). The Labute approximate surface area is 115 Å². The van der Waals surface area contributed by atoms with Gasteiger partial charge in [0.15, 0.2) is 0 Å². The predicted octanol–water partition coefficient (Wildman–Crippen LogP) is 2.63. The first-order chi connectivity index (χ1) is 9.39. The quantitative estimate of drug-likeness (QED) is 0.846. The van der Waals surface area contributed by atoms with E-state index in [0.717, 1.165) is 0 Å². The molecule has 1 amide bonds. The summed E-state index contributed by atoms with van der Waals surface area (Å²) in [5.41, 5.74) is -1.34. The molecule has 0 spiro atoms. The smallest absolute Gasteiger partial charge is 0.257 e. The average molecular weight is 289 g/mol. The van der Waals surface area contributed by atoms with E-state index in [1.54, 1.807) is 0 Å². The summed E-state index contributed by atoms with van der Waals surface area (Å²) in [4.78, 5) is 11.8. The largest absolute Gasteiger partial charge is 0.396 e. The summed E-state index contributed by atoms with van der Waals surface area (Å²) >= 11 is 0. The SMILES string of the molecule is CCC(CC)(CO)CNC(=O)c1c(F)cc(F)cc1F. The minimum absolute atomic E-state index is 0.0889. The van der Waals surface area contributed by atoms with Gasteiger partial charge >= 0.3 is 0 Å². The van der Waals surface area contributed by atoms with Crippen molar-refractivity contribution in [1.29, 1.82) is 0 Å². The summed E-state index contributed by atoms with van der Waals surface area (Å²) in [5.74, 6) is -4.53. The van der Waals surface area contributed by atoms with Gasteiger partial charge < -0.3 is 10.4 Å². The summed E-state index contributed by atoms with van der Waals surface area (Å²) in [6.45, 7) is 3.65. The normalized spacial score (nSPS) is 11.5. The highest BCUT2D eigenvalue weighted by Gasteiger charge is 2.27. The molecule has 1 aromatic rings. The Balaban J connectivity index is 2.88. The second-order valence-corrected chi connectivity index (χ2v) is 4.79. The van der Waals surface area contributed by atoms with Gasteiger partial charge in [0.2, 0.25) is 0 Å². The van der Waals surface area contributed by atoms with Crippen LogP contribution in [0.25, 0.3) is 0 Å². The minimum Gasteiger partial charge on any atom is -0.396 e. The van der Waals surface area contributed by atoms with E-state index in [2.05, 4.69) is 5.32 Å². The number of aliphatic hydroxyl groups is 1. The van der Waals surface area contributed by atoms with Crippen molar-refractivity contribution in [3.63, 3.8) is 0 Å². The van der Waals surface area contributed by atoms with E-state index >= 15 is 0 Å². The van der Waals surface area contributed by atoms with Gasteiger partial charge in [-0.25, -0.2) is 13.2 Å². The molecule has 0 saturated carbocycles. The third-order valence-electron chi connectivity index (χ3n) is 3.69. The molecule has 0 aliphatic rings. The van der Waals surface area contributed by atoms with Crippen LogP contribution in [0, 0.1) is 22.9 Å². The minimum atomic E-state index is -1.25.